The minimum absolute atomic E-state index is 0.0538. The van der Waals surface area contributed by atoms with Crippen molar-refractivity contribution in [3.05, 3.63) is 23.8 Å². The Morgan fingerprint density at radius 2 is 1.79 bits per heavy atom. The molecule has 2 nitrogen and oxygen atoms in total. The van der Waals surface area contributed by atoms with Crippen LogP contribution in [0.2, 0.25) is 0 Å². The summed E-state index contributed by atoms with van der Waals surface area (Å²) in [5.74, 6) is 4.04. The quantitative estimate of drug-likeness (QED) is 0.760. The van der Waals surface area contributed by atoms with Crippen LogP contribution < -0.4 is 9.47 Å². The van der Waals surface area contributed by atoms with Crippen molar-refractivity contribution < 1.29 is 9.47 Å². The second-order valence-corrected chi connectivity index (χ2v) is 6.17. The standard InChI is InChI=1S/C16H21ClO2/c1-18-10-7-8-14(19-2)13(9-10)16(17)15-11-5-3-4-6-12(11)15/h7-9,11-12,15-16H,3-6H2,1-2H3. The maximum Gasteiger partial charge on any atom is 0.123 e. The topological polar surface area (TPSA) is 18.5 Å². The van der Waals surface area contributed by atoms with Crippen LogP contribution in [0.4, 0.5) is 0 Å². The van der Waals surface area contributed by atoms with Crippen molar-refractivity contribution in [3.63, 3.8) is 0 Å². The SMILES string of the molecule is COc1ccc(OC)c(C(Cl)C2C3CCCCC32)c1. The zero-order chi connectivity index (χ0) is 13.4. The van der Waals surface area contributed by atoms with E-state index in [1.807, 2.05) is 18.2 Å². The zero-order valence-corrected chi connectivity index (χ0v) is 12.3. The summed E-state index contributed by atoms with van der Waals surface area (Å²) in [4.78, 5) is 0. The van der Waals surface area contributed by atoms with Gasteiger partial charge >= 0.3 is 0 Å². The number of benzene rings is 1. The fourth-order valence-corrected chi connectivity index (χ4v) is 4.29. The van der Waals surface area contributed by atoms with Crippen LogP contribution in [0.15, 0.2) is 18.2 Å². The summed E-state index contributed by atoms with van der Waals surface area (Å²) in [7, 11) is 3.39. The minimum atomic E-state index is 0.0538. The number of fused-ring (bicyclic) bond motifs is 1. The van der Waals surface area contributed by atoms with E-state index >= 15 is 0 Å². The van der Waals surface area contributed by atoms with Gasteiger partial charge in [0.25, 0.3) is 0 Å². The highest BCUT2D eigenvalue weighted by molar-refractivity contribution is 6.21. The minimum Gasteiger partial charge on any atom is -0.497 e. The van der Waals surface area contributed by atoms with Gasteiger partial charge in [0.2, 0.25) is 0 Å². The Hall–Kier alpha value is -0.890. The molecule has 2 saturated carbocycles. The molecule has 0 saturated heterocycles. The number of halogens is 1. The Morgan fingerprint density at radius 1 is 1.11 bits per heavy atom. The van der Waals surface area contributed by atoms with E-state index in [-0.39, 0.29) is 5.38 Å². The largest absolute Gasteiger partial charge is 0.497 e. The summed E-state index contributed by atoms with van der Waals surface area (Å²) < 4.78 is 10.8. The first-order valence-corrected chi connectivity index (χ1v) is 7.56. The average molecular weight is 281 g/mol. The number of methoxy groups -OCH3 is 2. The van der Waals surface area contributed by atoms with Crippen molar-refractivity contribution in [2.45, 2.75) is 31.1 Å². The molecule has 0 bridgehead atoms. The first kappa shape index (κ1) is 13.1. The number of alkyl halides is 1. The van der Waals surface area contributed by atoms with E-state index in [9.17, 15) is 0 Å². The first-order chi connectivity index (χ1) is 9.26. The molecule has 0 aromatic heterocycles. The molecule has 19 heavy (non-hydrogen) atoms. The van der Waals surface area contributed by atoms with E-state index in [2.05, 4.69) is 0 Å². The Kier molecular flexibility index (Phi) is 3.62. The molecule has 3 atom stereocenters. The molecule has 3 unspecified atom stereocenters. The van der Waals surface area contributed by atoms with Gasteiger partial charge in [-0.15, -0.1) is 11.6 Å². The van der Waals surface area contributed by atoms with Gasteiger partial charge in [0, 0.05) is 5.56 Å². The molecule has 3 rings (SSSR count). The van der Waals surface area contributed by atoms with Gasteiger partial charge in [0.15, 0.2) is 0 Å². The van der Waals surface area contributed by atoms with Crippen LogP contribution in [0.5, 0.6) is 11.5 Å². The molecule has 0 heterocycles. The molecule has 0 N–H and O–H groups in total. The molecule has 0 aliphatic heterocycles. The maximum atomic E-state index is 6.76. The second-order valence-electron chi connectivity index (χ2n) is 5.70. The van der Waals surface area contributed by atoms with Crippen LogP contribution in [0.1, 0.15) is 36.6 Å². The third-order valence-corrected chi connectivity index (χ3v) is 5.32. The summed E-state index contributed by atoms with van der Waals surface area (Å²) >= 11 is 6.76. The average Bonchev–Trinajstić information content (AvgIpc) is 3.20. The van der Waals surface area contributed by atoms with E-state index in [1.165, 1.54) is 25.7 Å². The molecule has 1 aromatic rings. The Balaban J connectivity index is 1.84. The maximum absolute atomic E-state index is 6.76. The van der Waals surface area contributed by atoms with Gasteiger partial charge in [0.1, 0.15) is 11.5 Å². The zero-order valence-electron chi connectivity index (χ0n) is 11.6. The van der Waals surface area contributed by atoms with Gasteiger partial charge in [0.05, 0.1) is 19.6 Å². The molecule has 2 aliphatic carbocycles. The lowest BCUT2D eigenvalue weighted by Gasteiger charge is -2.15. The molecule has 2 aliphatic rings. The van der Waals surface area contributed by atoms with Gasteiger partial charge in [-0.3, -0.25) is 0 Å². The lowest BCUT2D eigenvalue weighted by molar-refractivity contribution is 0.396. The molecule has 2 fully saturated rings. The van der Waals surface area contributed by atoms with Crippen LogP contribution in [0, 0.1) is 17.8 Å². The predicted molar refractivity (Wildman–Crippen MR) is 77.1 cm³/mol. The van der Waals surface area contributed by atoms with Crippen LogP contribution in [-0.2, 0) is 0 Å². The fourth-order valence-electron chi connectivity index (χ4n) is 3.74. The van der Waals surface area contributed by atoms with Crippen molar-refractivity contribution in [2.24, 2.45) is 17.8 Å². The lowest BCUT2D eigenvalue weighted by Crippen LogP contribution is -2.00. The normalized spacial score (nSPS) is 30.4. The second kappa shape index (κ2) is 5.24. The first-order valence-electron chi connectivity index (χ1n) is 7.12. The van der Waals surface area contributed by atoms with E-state index in [0.717, 1.165) is 28.9 Å². The Labute approximate surface area is 120 Å². The summed E-state index contributed by atoms with van der Waals surface area (Å²) in [6, 6.07) is 5.91. The number of hydrogen-bond donors (Lipinski definition) is 0. The van der Waals surface area contributed by atoms with Gasteiger partial charge in [-0.25, -0.2) is 0 Å². The number of ether oxygens (including phenoxy) is 2. The van der Waals surface area contributed by atoms with Crippen molar-refractivity contribution in [2.75, 3.05) is 14.2 Å². The van der Waals surface area contributed by atoms with E-state index in [4.69, 9.17) is 21.1 Å². The van der Waals surface area contributed by atoms with E-state index in [1.54, 1.807) is 14.2 Å². The summed E-state index contributed by atoms with van der Waals surface area (Å²) in [6.45, 7) is 0. The molecule has 3 heteroatoms. The van der Waals surface area contributed by atoms with Crippen LogP contribution in [0.3, 0.4) is 0 Å². The molecule has 0 amide bonds. The monoisotopic (exact) mass is 280 g/mol. The molecular formula is C16H21ClO2. The molecular weight excluding hydrogens is 260 g/mol. The van der Waals surface area contributed by atoms with E-state index < -0.39 is 0 Å². The Morgan fingerprint density at radius 3 is 2.37 bits per heavy atom. The Bertz CT molecular complexity index is 448. The molecule has 0 spiro atoms. The van der Waals surface area contributed by atoms with Gasteiger partial charge in [-0.05, 0) is 48.8 Å². The van der Waals surface area contributed by atoms with Crippen LogP contribution in [-0.4, -0.2) is 14.2 Å². The van der Waals surface area contributed by atoms with Crippen LogP contribution in [0.25, 0.3) is 0 Å². The summed E-state index contributed by atoms with van der Waals surface area (Å²) in [5.41, 5.74) is 1.09. The van der Waals surface area contributed by atoms with Crippen molar-refractivity contribution in [1.82, 2.24) is 0 Å². The number of hydrogen-bond acceptors (Lipinski definition) is 2. The number of rotatable bonds is 4. The third kappa shape index (κ3) is 2.31. The van der Waals surface area contributed by atoms with Gasteiger partial charge in [-0.1, -0.05) is 12.8 Å². The highest BCUT2D eigenvalue weighted by Crippen LogP contribution is 2.63. The lowest BCUT2D eigenvalue weighted by atomic mass is 10.0. The van der Waals surface area contributed by atoms with Crippen molar-refractivity contribution in [3.8, 4) is 11.5 Å². The van der Waals surface area contributed by atoms with Crippen LogP contribution >= 0.6 is 11.6 Å². The highest BCUT2D eigenvalue weighted by Gasteiger charge is 2.54. The third-order valence-electron chi connectivity index (χ3n) is 4.79. The molecule has 1 aromatic carbocycles. The smallest absolute Gasteiger partial charge is 0.123 e. The van der Waals surface area contributed by atoms with Gasteiger partial charge in [-0.2, -0.15) is 0 Å². The van der Waals surface area contributed by atoms with Crippen molar-refractivity contribution >= 4 is 11.6 Å². The summed E-state index contributed by atoms with van der Waals surface area (Å²) in [6.07, 6.45) is 5.45. The fraction of sp³-hybridized carbons (Fsp3) is 0.625. The molecule has 104 valence electrons. The van der Waals surface area contributed by atoms with E-state index in [0.29, 0.717) is 5.92 Å². The summed E-state index contributed by atoms with van der Waals surface area (Å²) in [5, 5.41) is 0.0538. The van der Waals surface area contributed by atoms with Crippen molar-refractivity contribution in [1.29, 1.82) is 0 Å². The predicted octanol–water partition coefficient (Wildman–Crippen LogP) is 4.42. The molecule has 0 radical (unpaired) electrons. The highest BCUT2D eigenvalue weighted by atomic mass is 35.5. The van der Waals surface area contributed by atoms with Gasteiger partial charge < -0.3 is 9.47 Å².